The van der Waals surface area contributed by atoms with Gasteiger partial charge in [-0.15, -0.1) is 0 Å². The Hall–Kier alpha value is -3.66. The van der Waals surface area contributed by atoms with Crippen LogP contribution in [0, 0.1) is 0 Å². The van der Waals surface area contributed by atoms with Gasteiger partial charge < -0.3 is 4.57 Å². The first-order valence-electron chi connectivity index (χ1n) is 11.4. The number of unbranched alkanes of at least 4 members (excludes halogenated alkanes) is 3. The van der Waals surface area contributed by atoms with Gasteiger partial charge >= 0.3 is 0 Å². The molecule has 3 aromatic heterocycles. The van der Waals surface area contributed by atoms with Crippen LogP contribution in [0.15, 0.2) is 95.9 Å². The first kappa shape index (κ1) is 20.3. The minimum atomic E-state index is -0.0208. The molecule has 0 aliphatic carbocycles. The van der Waals surface area contributed by atoms with Crippen LogP contribution in [0.5, 0.6) is 0 Å². The summed E-state index contributed by atoms with van der Waals surface area (Å²) in [4.78, 5) is 16.8. The van der Waals surface area contributed by atoms with E-state index < -0.39 is 0 Å². The molecule has 0 unspecified atom stereocenters. The Balaban J connectivity index is 1.22. The van der Waals surface area contributed by atoms with Crippen molar-refractivity contribution in [1.82, 2.24) is 14.1 Å². The van der Waals surface area contributed by atoms with Gasteiger partial charge in [0.25, 0.3) is 5.56 Å². The van der Waals surface area contributed by atoms with Crippen LogP contribution >= 0.6 is 0 Å². The maximum atomic E-state index is 12.4. The van der Waals surface area contributed by atoms with E-state index in [4.69, 9.17) is 0 Å². The number of pyridine rings is 2. The lowest BCUT2D eigenvalue weighted by atomic mass is 10.1. The Labute approximate surface area is 187 Å². The number of fused-ring (bicyclic) bond motifs is 3. The topological polar surface area (TPSA) is 39.8 Å². The van der Waals surface area contributed by atoms with Crippen molar-refractivity contribution in [1.29, 1.82) is 0 Å². The maximum absolute atomic E-state index is 12.4. The summed E-state index contributed by atoms with van der Waals surface area (Å²) >= 11 is 0. The fourth-order valence-electron chi connectivity index (χ4n) is 4.65. The molecule has 5 rings (SSSR count). The summed E-state index contributed by atoms with van der Waals surface area (Å²) < 4.78 is 4.19. The Kier molecular flexibility index (Phi) is 5.84. The molecule has 0 fully saturated rings. The van der Waals surface area contributed by atoms with Crippen LogP contribution < -0.4 is 5.56 Å². The fourth-order valence-corrected chi connectivity index (χ4v) is 4.65. The van der Waals surface area contributed by atoms with Crippen molar-refractivity contribution in [3.05, 3.63) is 107 Å². The molecule has 0 amide bonds. The quantitative estimate of drug-likeness (QED) is 0.282. The number of benzene rings is 2. The first-order valence-corrected chi connectivity index (χ1v) is 11.4. The lowest BCUT2D eigenvalue weighted by molar-refractivity contribution is 0.583. The normalized spacial score (nSPS) is 11.4. The van der Waals surface area contributed by atoms with Crippen molar-refractivity contribution >= 4 is 21.8 Å². The number of hydrogen-bond acceptors (Lipinski definition) is 2. The van der Waals surface area contributed by atoms with Gasteiger partial charge in [-0.05, 0) is 49.6 Å². The van der Waals surface area contributed by atoms with E-state index in [0.717, 1.165) is 37.9 Å². The van der Waals surface area contributed by atoms with Crippen molar-refractivity contribution in [2.24, 2.45) is 0 Å². The van der Waals surface area contributed by atoms with E-state index in [-0.39, 0.29) is 5.56 Å². The van der Waals surface area contributed by atoms with Crippen molar-refractivity contribution in [3.63, 3.8) is 0 Å². The molecule has 0 saturated heterocycles. The van der Waals surface area contributed by atoms with Gasteiger partial charge in [0.1, 0.15) is 5.82 Å². The second kappa shape index (κ2) is 9.23. The summed E-state index contributed by atoms with van der Waals surface area (Å²) in [7, 11) is 0. The van der Waals surface area contributed by atoms with E-state index in [1.54, 1.807) is 16.8 Å². The van der Waals surface area contributed by atoms with E-state index in [0.29, 0.717) is 5.82 Å². The van der Waals surface area contributed by atoms with Crippen LogP contribution in [0.4, 0.5) is 0 Å². The average Bonchev–Trinajstić information content (AvgIpc) is 3.16. The Morgan fingerprint density at radius 3 is 2.06 bits per heavy atom. The van der Waals surface area contributed by atoms with Gasteiger partial charge in [-0.1, -0.05) is 61.4 Å². The van der Waals surface area contributed by atoms with Gasteiger partial charge in [-0.2, -0.15) is 0 Å². The van der Waals surface area contributed by atoms with Crippen molar-refractivity contribution in [2.45, 2.75) is 38.6 Å². The molecule has 0 aliphatic rings. The fraction of sp³-hybridized carbons (Fsp3) is 0.214. The molecule has 160 valence electrons. The highest BCUT2D eigenvalue weighted by Gasteiger charge is 2.09. The zero-order valence-corrected chi connectivity index (χ0v) is 18.2. The lowest BCUT2D eigenvalue weighted by Crippen LogP contribution is -2.21. The number of para-hydroxylation sites is 2. The highest BCUT2D eigenvalue weighted by Crippen LogP contribution is 2.29. The third kappa shape index (κ3) is 3.96. The van der Waals surface area contributed by atoms with E-state index in [1.165, 1.54) is 28.2 Å². The van der Waals surface area contributed by atoms with Crippen LogP contribution in [0.3, 0.4) is 0 Å². The zero-order chi connectivity index (χ0) is 21.8. The smallest absolute Gasteiger partial charge is 0.256 e. The number of aromatic nitrogens is 3. The van der Waals surface area contributed by atoms with Gasteiger partial charge in [-0.25, -0.2) is 4.98 Å². The molecule has 0 spiro atoms. The highest BCUT2D eigenvalue weighted by molar-refractivity contribution is 6.07. The largest absolute Gasteiger partial charge is 0.340 e. The lowest BCUT2D eigenvalue weighted by Gasteiger charge is -2.12. The molecule has 2 aromatic carbocycles. The standard InChI is InChI=1S/C28H27N3O/c32-28-19-11-13-22(31(28)27-18-8-9-20-29-27)12-3-1-2-10-21-30-25-16-6-4-14-23(25)24-15-5-7-17-26(24)30/h4-9,11,13-20H,1-3,10,12,21H2. The Morgan fingerprint density at radius 2 is 1.34 bits per heavy atom. The van der Waals surface area contributed by atoms with E-state index in [2.05, 4.69) is 58.1 Å². The van der Waals surface area contributed by atoms with Gasteiger partial charge in [-0.3, -0.25) is 9.36 Å². The molecule has 0 N–H and O–H groups in total. The summed E-state index contributed by atoms with van der Waals surface area (Å²) in [5.41, 5.74) is 3.64. The zero-order valence-electron chi connectivity index (χ0n) is 18.2. The van der Waals surface area contributed by atoms with Crippen LogP contribution in [-0.4, -0.2) is 14.1 Å². The third-order valence-corrected chi connectivity index (χ3v) is 6.16. The SMILES string of the molecule is O=c1cccc(CCCCCCn2c3ccccc3c3ccccc32)n1-c1ccccn1. The highest BCUT2D eigenvalue weighted by atomic mass is 16.1. The third-order valence-electron chi connectivity index (χ3n) is 6.16. The molecular weight excluding hydrogens is 394 g/mol. The van der Waals surface area contributed by atoms with Gasteiger partial charge in [0.2, 0.25) is 0 Å². The van der Waals surface area contributed by atoms with Gasteiger partial charge in [0.15, 0.2) is 0 Å². The maximum Gasteiger partial charge on any atom is 0.256 e. The van der Waals surface area contributed by atoms with Crippen LogP contribution in [0.1, 0.15) is 31.4 Å². The van der Waals surface area contributed by atoms with Crippen LogP contribution in [0.2, 0.25) is 0 Å². The molecule has 4 heteroatoms. The Morgan fingerprint density at radius 1 is 0.656 bits per heavy atom. The summed E-state index contributed by atoms with van der Waals surface area (Å²) in [5, 5.41) is 2.67. The summed E-state index contributed by atoms with van der Waals surface area (Å²) in [6.45, 7) is 1.03. The summed E-state index contributed by atoms with van der Waals surface area (Å²) in [5.74, 6) is 0.694. The van der Waals surface area contributed by atoms with Crippen molar-refractivity contribution in [3.8, 4) is 5.82 Å². The minimum Gasteiger partial charge on any atom is -0.340 e. The molecule has 5 aromatic rings. The second-order valence-corrected chi connectivity index (χ2v) is 8.23. The second-order valence-electron chi connectivity index (χ2n) is 8.23. The molecule has 3 heterocycles. The van der Waals surface area contributed by atoms with Crippen molar-refractivity contribution in [2.75, 3.05) is 0 Å². The van der Waals surface area contributed by atoms with E-state index in [1.807, 2.05) is 30.3 Å². The molecule has 0 saturated carbocycles. The number of nitrogens with zero attached hydrogens (tertiary/aromatic N) is 3. The number of hydrogen-bond donors (Lipinski definition) is 0. The predicted molar refractivity (Wildman–Crippen MR) is 131 cm³/mol. The van der Waals surface area contributed by atoms with Crippen LogP contribution in [0.25, 0.3) is 27.6 Å². The molecule has 32 heavy (non-hydrogen) atoms. The molecule has 0 radical (unpaired) electrons. The first-order chi connectivity index (χ1) is 15.8. The van der Waals surface area contributed by atoms with E-state index in [9.17, 15) is 4.79 Å². The monoisotopic (exact) mass is 421 g/mol. The number of aryl methyl sites for hydroxylation is 2. The van der Waals surface area contributed by atoms with Gasteiger partial charge in [0.05, 0.1) is 0 Å². The predicted octanol–water partition coefficient (Wildman–Crippen LogP) is 6.14. The average molecular weight is 422 g/mol. The van der Waals surface area contributed by atoms with E-state index >= 15 is 0 Å². The minimum absolute atomic E-state index is 0.0208. The summed E-state index contributed by atoms with van der Waals surface area (Å²) in [6.07, 6.45) is 7.12. The molecular formula is C28H27N3O. The number of rotatable bonds is 8. The molecule has 4 nitrogen and oxygen atoms in total. The van der Waals surface area contributed by atoms with Crippen LogP contribution in [-0.2, 0) is 13.0 Å². The Bertz CT molecular complexity index is 1350. The molecule has 0 aliphatic heterocycles. The van der Waals surface area contributed by atoms with Crippen molar-refractivity contribution < 1.29 is 0 Å². The van der Waals surface area contributed by atoms with Gasteiger partial charge in [0, 0.05) is 46.3 Å². The molecule has 0 bridgehead atoms. The summed E-state index contributed by atoms with van der Waals surface area (Å²) in [6, 6.07) is 28.5. The molecule has 0 atom stereocenters.